The van der Waals surface area contributed by atoms with Gasteiger partial charge in [-0.25, -0.2) is 45.6 Å². The van der Waals surface area contributed by atoms with Gasteiger partial charge in [0.05, 0.1) is 64.6 Å². The number of esters is 2. The third-order valence-corrected chi connectivity index (χ3v) is 25.4. The van der Waals surface area contributed by atoms with E-state index >= 15 is 0 Å². The monoisotopic (exact) mass is 1630 g/mol. The van der Waals surface area contributed by atoms with Crippen molar-refractivity contribution in [3.8, 4) is 11.5 Å². The zero-order chi connectivity index (χ0) is 81.0. The number of hydrogen-bond donors (Lipinski definition) is 2. The van der Waals surface area contributed by atoms with Gasteiger partial charge in [-0.2, -0.15) is 8.61 Å². The first kappa shape index (κ1) is 88.6. The Hall–Kier alpha value is -7.94. The Morgan fingerprint density at radius 1 is 0.477 bits per heavy atom. The summed E-state index contributed by atoms with van der Waals surface area (Å²) in [6.45, 7) is 25.3. The van der Waals surface area contributed by atoms with Crippen molar-refractivity contribution in [3.63, 3.8) is 0 Å². The molecule has 2 aromatic heterocycles. The molecule has 111 heavy (non-hydrogen) atoms. The molecule has 0 spiro atoms. The van der Waals surface area contributed by atoms with E-state index in [0.717, 1.165) is 21.5 Å². The van der Waals surface area contributed by atoms with Crippen LogP contribution in [-0.4, -0.2) is 278 Å². The molecule has 4 aromatic rings. The summed E-state index contributed by atoms with van der Waals surface area (Å²) in [7, 11) is -8.27. The van der Waals surface area contributed by atoms with Gasteiger partial charge in [0, 0.05) is 105 Å². The summed E-state index contributed by atoms with van der Waals surface area (Å²) in [5.41, 5.74) is -0.871. The molecule has 6 heterocycles. The van der Waals surface area contributed by atoms with Crippen LogP contribution in [-0.2, 0) is 90.0 Å². The zero-order valence-electron chi connectivity index (χ0n) is 65.2. The number of amides is 6. The first-order chi connectivity index (χ1) is 52.4. The maximum absolute atomic E-state index is 14.1. The SMILES string of the molecule is CCC(CC)(COCCOCCOC(=O)N1CCN(C(=O)Oc2ccc(C[C@H](NC(=O)[C@H]3N(S(=O)(=O)c4cccnc4)CSC3(C)C)C(=O)OC(C)(C)C)cc2)CC1)COCCOCCOC(=O)N1CCN(C(=O)Oc2ccc(C[C@H](NC(=O)[C@H]3N(S(=O)(=O)c4cccnc4)CSC3(C)C)C(=O)OC(C)(C)C)cc2)CC1. The van der Waals surface area contributed by atoms with E-state index in [1.807, 2.05) is 0 Å². The summed E-state index contributed by atoms with van der Waals surface area (Å²) >= 11 is 2.59. The Morgan fingerprint density at radius 3 is 1.12 bits per heavy atom. The number of carbonyl (C=O) groups is 8. The van der Waals surface area contributed by atoms with Crippen LogP contribution in [0.2, 0.25) is 0 Å². The predicted octanol–water partition coefficient (Wildman–Crippen LogP) is 7.38. The van der Waals surface area contributed by atoms with E-state index in [1.54, 1.807) is 118 Å². The summed E-state index contributed by atoms with van der Waals surface area (Å²) in [6, 6.07) is 13.9. The number of carbonyl (C=O) groups excluding carboxylic acids is 8. The van der Waals surface area contributed by atoms with E-state index < -0.39 is 113 Å². The Kier molecular flexibility index (Phi) is 31.7. The first-order valence-electron chi connectivity index (χ1n) is 36.9. The molecule has 4 saturated heterocycles. The van der Waals surface area contributed by atoms with Gasteiger partial charge in [0.2, 0.25) is 31.9 Å². The number of sulfonamides is 2. The Bertz CT molecular complexity index is 3750. The van der Waals surface area contributed by atoms with E-state index in [9.17, 15) is 55.2 Å². The molecule has 32 nitrogen and oxygen atoms in total. The number of rotatable bonds is 34. The summed E-state index contributed by atoms with van der Waals surface area (Å²) in [5.74, 6) is -2.32. The summed E-state index contributed by atoms with van der Waals surface area (Å²) in [4.78, 5) is 122. The highest BCUT2D eigenvalue weighted by atomic mass is 32.2. The van der Waals surface area contributed by atoms with Crippen LogP contribution < -0.4 is 20.1 Å². The van der Waals surface area contributed by atoms with Gasteiger partial charge >= 0.3 is 36.3 Å². The molecule has 6 amide bonds. The largest absolute Gasteiger partial charge is 0.458 e. The standard InChI is InChI=1S/C75H106N10O22S4/c1-13-75(14-2,49-100-39-37-98-41-43-102-67(90)80-29-33-82(34-30-80)69(92)104-55-23-19-53(20-24-55)45-59(65(88)106-71(3,4)5)78-63(86)61-73(9,10)108-51-84(61)110(94,95)57-17-15-27-76-47-57)50-101-40-38-99-42-44-103-68(91)81-31-35-83(36-32-81)70(93)105-56-25-21-54(22-26-56)46-60(66(89)107-72(6,7)8)79-64(87)62-74(11,12)109-52-85(62)111(96,97)58-18-16-28-77-48-58/h15-28,47-48,59-62H,13-14,29-46,49-52H2,1-12H3,(H,78,86)(H,79,87)/t59-,60-,61+,62+/m0/s1. The van der Waals surface area contributed by atoms with E-state index in [1.165, 1.54) is 92.2 Å². The smallest absolute Gasteiger partial charge is 0.415 e. The Morgan fingerprint density at radius 2 is 0.802 bits per heavy atom. The van der Waals surface area contributed by atoms with Gasteiger partial charge in [0.25, 0.3) is 0 Å². The molecule has 2 aromatic carbocycles. The molecule has 4 aliphatic heterocycles. The first-order valence-corrected chi connectivity index (χ1v) is 41.7. The maximum atomic E-state index is 14.1. The summed E-state index contributed by atoms with van der Waals surface area (Å²) < 4.78 is 112. The van der Waals surface area contributed by atoms with E-state index in [0.29, 0.717) is 37.6 Å². The van der Waals surface area contributed by atoms with E-state index in [2.05, 4.69) is 34.4 Å². The number of ether oxygens (including phenoxy) is 10. The maximum Gasteiger partial charge on any atom is 0.415 e. The molecule has 2 N–H and O–H groups in total. The lowest BCUT2D eigenvalue weighted by molar-refractivity contribution is -0.159. The van der Waals surface area contributed by atoms with Crippen molar-refractivity contribution in [1.82, 2.24) is 48.8 Å². The Balaban J connectivity index is 0.650. The summed E-state index contributed by atoms with van der Waals surface area (Å²) in [6.07, 6.45) is 4.55. The molecular weight excluding hydrogens is 1520 g/mol. The van der Waals surface area contributed by atoms with Crippen molar-refractivity contribution in [2.75, 3.05) is 130 Å². The number of benzene rings is 2. The van der Waals surface area contributed by atoms with Gasteiger partial charge in [0.15, 0.2) is 0 Å². The number of thioether (sulfide) groups is 2. The normalized spacial score (nSPS) is 18.3. The Labute approximate surface area is 658 Å². The van der Waals surface area contributed by atoms with Gasteiger partial charge in [-0.1, -0.05) is 38.1 Å². The molecular formula is C75H106N10O22S4. The topological polar surface area (TPSA) is 366 Å². The van der Waals surface area contributed by atoms with Crippen LogP contribution in [0.1, 0.15) is 107 Å². The van der Waals surface area contributed by atoms with Crippen molar-refractivity contribution in [2.24, 2.45) is 5.41 Å². The van der Waals surface area contributed by atoms with Crippen LogP contribution in [0.4, 0.5) is 19.2 Å². The fraction of sp³-hybridized carbons (Fsp3) is 0.600. The lowest BCUT2D eigenvalue weighted by Crippen LogP contribution is -2.57. The summed E-state index contributed by atoms with van der Waals surface area (Å²) in [5, 5.41) is 5.57. The molecule has 4 aliphatic rings. The van der Waals surface area contributed by atoms with Gasteiger partial charge < -0.3 is 77.6 Å². The fourth-order valence-electron chi connectivity index (χ4n) is 12.3. The molecule has 0 saturated carbocycles. The minimum absolute atomic E-state index is 0.00768. The minimum atomic E-state index is -4.13. The predicted molar refractivity (Wildman–Crippen MR) is 410 cm³/mol. The van der Waals surface area contributed by atoms with Crippen LogP contribution in [0.5, 0.6) is 11.5 Å². The fourth-order valence-corrected chi connectivity index (χ4v) is 18.5. The molecule has 36 heteroatoms. The van der Waals surface area contributed by atoms with Crippen LogP contribution in [0, 0.1) is 5.41 Å². The number of nitrogens with zero attached hydrogens (tertiary/aromatic N) is 8. The highest BCUT2D eigenvalue weighted by Crippen LogP contribution is 2.44. The van der Waals surface area contributed by atoms with Crippen molar-refractivity contribution >= 4 is 91.7 Å². The molecule has 8 rings (SSSR count). The molecule has 0 bridgehead atoms. The highest BCUT2D eigenvalue weighted by Gasteiger charge is 2.53. The number of aromatic nitrogens is 2. The second-order valence-corrected chi connectivity index (χ2v) is 37.0. The van der Waals surface area contributed by atoms with Gasteiger partial charge in [0.1, 0.15) is 69.9 Å². The molecule has 4 fully saturated rings. The van der Waals surface area contributed by atoms with E-state index in [4.69, 9.17) is 47.4 Å². The lowest BCUT2D eigenvalue weighted by Gasteiger charge is -2.33. The van der Waals surface area contributed by atoms with Crippen molar-refractivity contribution in [3.05, 3.63) is 109 Å². The van der Waals surface area contributed by atoms with Gasteiger partial charge in [-0.15, -0.1) is 23.5 Å². The van der Waals surface area contributed by atoms with Crippen molar-refractivity contribution in [1.29, 1.82) is 0 Å². The lowest BCUT2D eigenvalue weighted by atomic mass is 9.84. The number of nitrogens with one attached hydrogen (secondary N) is 2. The third kappa shape index (κ3) is 25.5. The molecule has 612 valence electrons. The zero-order valence-corrected chi connectivity index (χ0v) is 68.5. The van der Waals surface area contributed by atoms with Crippen LogP contribution >= 0.6 is 23.5 Å². The number of hydrogen-bond acceptors (Lipinski definition) is 26. The second-order valence-electron chi connectivity index (χ2n) is 30.1. The molecule has 4 atom stereocenters. The molecule has 0 aliphatic carbocycles. The number of pyridine rings is 2. The van der Waals surface area contributed by atoms with Crippen LogP contribution in [0.3, 0.4) is 0 Å². The number of piperazine rings is 2. The quantitative estimate of drug-likeness (QED) is 0.0261. The van der Waals surface area contributed by atoms with Crippen molar-refractivity contribution < 1.29 is 103 Å². The van der Waals surface area contributed by atoms with Gasteiger partial charge in [-0.3, -0.25) is 19.6 Å². The average molecular weight is 1630 g/mol. The third-order valence-electron chi connectivity index (χ3n) is 18.7. The average Bonchev–Trinajstić information content (AvgIpc) is 1.63. The van der Waals surface area contributed by atoms with Crippen LogP contribution in [0.25, 0.3) is 0 Å². The minimum Gasteiger partial charge on any atom is -0.458 e. The van der Waals surface area contributed by atoms with Crippen LogP contribution in [0.15, 0.2) is 107 Å². The molecule has 0 unspecified atom stereocenters. The second kappa shape index (κ2) is 39.7. The van der Waals surface area contributed by atoms with Gasteiger partial charge in [-0.05, 0) is 142 Å². The highest BCUT2D eigenvalue weighted by molar-refractivity contribution is 8.02. The molecule has 0 radical (unpaired) electrons. The van der Waals surface area contributed by atoms with E-state index in [-0.39, 0.29) is 143 Å². The van der Waals surface area contributed by atoms with Crippen molar-refractivity contribution in [2.45, 2.75) is 163 Å².